The summed E-state index contributed by atoms with van der Waals surface area (Å²) in [4.78, 5) is 25.3. The second-order valence-corrected chi connectivity index (χ2v) is 7.66. The summed E-state index contributed by atoms with van der Waals surface area (Å²) < 4.78 is 11.0. The molecule has 0 spiro atoms. The first-order valence-corrected chi connectivity index (χ1v) is 10.3. The van der Waals surface area contributed by atoms with Gasteiger partial charge in [0.2, 0.25) is 0 Å². The Labute approximate surface area is 188 Å². The summed E-state index contributed by atoms with van der Waals surface area (Å²) in [5.41, 5.74) is 5.22. The molecule has 0 saturated heterocycles. The van der Waals surface area contributed by atoms with Gasteiger partial charge in [0.15, 0.2) is 0 Å². The zero-order chi connectivity index (χ0) is 23.1. The molecule has 32 heavy (non-hydrogen) atoms. The van der Waals surface area contributed by atoms with Crippen molar-refractivity contribution in [2.45, 2.75) is 26.5 Å². The standard InChI is InChI=1S/C26H27NO5/c1-18-9-11-22(23-14-20(15-25(28)29)10-12-24(23)31-3)21(13-18)16-27(2)26(30)32-17-19-7-5-4-6-8-19/h4-14H,15-17H2,1-3H3,(H,28,29). The number of carbonyl (C=O) groups is 2. The highest BCUT2D eigenvalue weighted by Gasteiger charge is 2.17. The van der Waals surface area contributed by atoms with Crippen LogP contribution in [0.5, 0.6) is 5.75 Å². The van der Waals surface area contributed by atoms with Gasteiger partial charge in [-0.25, -0.2) is 4.79 Å². The first-order chi connectivity index (χ1) is 15.4. The molecule has 0 saturated carbocycles. The van der Waals surface area contributed by atoms with Gasteiger partial charge in [-0.2, -0.15) is 0 Å². The average Bonchev–Trinajstić information content (AvgIpc) is 2.78. The van der Waals surface area contributed by atoms with E-state index in [4.69, 9.17) is 14.6 Å². The number of aryl methyl sites for hydroxylation is 1. The van der Waals surface area contributed by atoms with E-state index >= 15 is 0 Å². The minimum absolute atomic E-state index is 0.0795. The number of aliphatic carboxylic acids is 1. The van der Waals surface area contributed by atoms with Crippen LogP contribution in [0.2, 0.25) is 0 Å². The van der Waals surface area contributed by atoms with E-state index in [1.807, 2.05) is 61.5 Å². The van der Waals surface area contributed by atoms with Gasteiger partial charge in [-0.15, -0.1) is 0 Å². The van der Waals surface area contributed by atoms with Crippen LogP contribution in [0.4, 0.5) is 4.79 Å². The molecular formula is C26H27NO5. The zero-order valence-corrected chi connectivity index (χ0v) is 18.5. The third-order valence-corrected chi connectivity index (χ3v) is 5.09. The number of amides is 1. The van der Waals surface area contributed by atoms with Crippen LogP contribution in [0.15, 0.2) is 66.7 Å². The van der Waals surface area contributed by atoms with E-state index in [1.165, 1.54) is 4.90 Å². The van der Waals surface area contributed by atoms with Crippen LogP contribution in [0.3, 0.4) is 0 Å². The Kier molecular flexibility index (Phi) is 7.49. The van der Waals surface area contributed by atoms with Crippen LogP contribution in [-0.2, 0) is 29.1 Å². The first-order valence-electron chi connectivity index (χ1n) is 10.3. The van der Waals surface area contributed by atoms with E-state index in [1.54, 1.807) is 26.3 Å². The number of nitrogens with zero attached hydrogens (tertiary/aromatic N) is 1. The summed E-state index contributed by atoms with van der Waals surface area (Å²) in [6.07, 6.45) is -0.503. The largest absolute Gasteiger partial charge is 0.496 e. The highest BCUT2D eigenvalue weighted by molar-refractivity contribution is 5.77. The van der Waals surface area contributed by atoms with Crippen LogP contribution < -0.4 is 4.74 Å². The molecule has 0 radical (unpaired) electrons. The van der Waals surface area contributed by atoms with Crippen LogP contribution in [0, 0.1) is 6.92 Å². The van der Waals surface area contributed by atoms with Gasteiger partial charge in [0.1, 0.15) is 12.4 Å². The SMILES string of the molecule is COc1ccc(CC(=O)O)cc1-c1ccc(C)cc1CN(C)C(=O)OCc1ccccc1. The number of hydrogen-bond acceptors (Lipinski definition) is 4. The van der Waals surface area contributed by atoms with E-state index in [0.29, 0.717) is 17.9 Å². The number of carboxylic acids is 1. The number of carbonyl (C=O) groups excluding carboxylic acids is 1. The molecule has 0 aliphatic carbocycles. The van der Waals surface area contributed by atoms with Crippen molar-refractivity contribution >= 4 is 12.1 Å². The van der Waals surface area contributed by atoms with Gasteiger partial charge in [-0.1, -0.05) is 60.2 Å². The van der Waals surface area contributed by atoms with Gasteiger partial charge in [0.25, 0.3) is 0 Å². The van der Waals surface area contributed by atoms with Crippen LogP contribution in [0.1, 0.15) is 22.3 Å². The molecule has 6 nitrogen and oxygen atoms in total. The topological polar surface area (TPSA) is 76.1 Å². The van der Waals surface area contributed by atoms with Gasteiger partial charge in [0, 0.05) is 19.2 Å². The van der Waals surface area contributed by atoms with Crippen molar-refractivity contribution in [3.63, 3.8) is 0 Å². The fraction of sp³-hybridized carbons (Fsp3) is 0.231. The molecule has 1 N–H and O–H groups in total. The molecule has 3 aromatic rings. The Hall–Kier alpha value is -3.80. The highest BCUT2D eigenvalue weighted by Crippen LogP contribution is 2.34. The third-order valence-electron chi connectivity index (χ3n) is 5.09. The molecule has 0 aliphatic rings. The Morgan fingerprint density at radius 2 is 1.69 bits per heavy atom. The lowest BCUT2D eigenvalue weighted by Crippen LogP contribution is -2.27. The van der Waals surface area contributed by atoms with Gasteiger partial charge in [-0.05, 0) is 41.3 Å². The first kappa shape index (κ1) is 22.9. The third kappa shape index (κ3) is 5.88. The number of ether oxygens (including phenoxy) is 2. The molecule has 3 aromatic carbocycles. The molecular weight excluding hydrogens is 406 g/mol. The second kappa shape index (κ2) is 10.5. The van der Waals surface area contributed by atoms with E-state index in [-0.39, 0.29) is 13.0 Å². The van der Waals surface area contributed by atoms with Crippen LogP contribution in [-0.4, -0.2) is 36.2 Å². The lowest BCUT2D eigenvalue weighted by Gasteiger charge is -2.21. The molecule has 0 heterocycles. The molecule has 0 bridgehead atoms. The molecule has 0 unspecified atom stereocenters. The van der Waals surface area contributed by atoms with E-state index < -0.39 is 12.1 Å². The lowest BCUT2D eigenvalue weighted by molar-refractivity contribution is -0.136. The van der Waals surface area contributed by atoms with E-state index in [0.717, 1.165) is 27.8 Å². The fourth-order valence-corrected chi connectivity index (χ4v) is 3.52. The monoisotopic (exact) mass is 433 g/mol. The minimum atomic E-state index is -0.897. The number of carboxylic acid groups (broad SMARTS) is 1. The zero-order valence-electron chi connectivity index (χ0n) is 18.5. The maximum absolute atomic E-state index is 12.6. The summed E-state index contributed by atoms with van der Waals surface area (Å²) in [6.45, 7) is 2.52. The van der Waals surface area contributed by atoms with Crippen molar-refractivity contribution in [2.24, 2.45) is 0 Å². The molecule has 3 rings (SSSR count). The van der Waals surface area contributed by atoms with E-state index in [2.05, 4.69) is 0 Å². The maximum atomic E-state index is 12.6. The van der Waals surface area contributed by atoms with Crippen LogP contribution >= 0.6 is 0 Å². The number of rotatable bonds is 8. The summed E-state index contributed by atoms with van der Waals surface area (Å²) in [5, 5.41) is 9.17. The van der Waals surface area contributed by atoms with Crippen molar-refractivity contribution < 1.29 is 24.2 Å². The van der Waals surface area contributed by atoms with Gasteiger partial charge >= 0.3 is 12.1 Å². The predicted molar refractivity (Wildman–Crippen MR) is 123 cm³/mol. The summed E-state index contributed by atoms with van der Waals surface area (Å²) in [5.74, 6) is -0.260. The Balaban J connectivity index is 1.85. The van der Waals surface area contributed by atoms with Crippen molar-refractivity contribution in [3.8, 4) is 16.9 Å². The average molecular weight is 434 g/mol. The molecule has 0 atom stereocenters. The summed E-state index contributed by atoms with van der Waals surface area (Å²) in [6, 6.07) is 20.8. The quantitative estimate of drug-likeness (QED) is 0.537. The smallest absolute Gasteiger partial charge is 0.410 e. The maximum Gasteiger partial charge on any atom is 0.410 e. The number of benzene rings is 3. The Bertz CT molecular complexity index is 1090. The fourth-order valence-electron chi connectivity index (χ4n) is 3.52. The lowest BCUT2D eigenvalue weighted by atomic mass is 9.94. The van der Waals surface area contributed by atoms with Crippen molar-refractivity contribution in [2.75, 3.05) is 14.2 Å². The highest BCUT2D eigenvalue weighted by atomic mass is 16.6. The Morgan fingerprint density at radius 3 is 2.38 bits per heavy atom. The second-order valence-electron chi connectivity index (χ2n) is 7.66. The van der Waals surface area contributed by atoms with E-state index in [9.17, 15) is 9.59 Å². The molecule has 0 aromatic heterocycles. The van der Waals surface area contributed by atoms with Gasteiger partial charge in [-0.3, -0.25) is 4.79 Å². The number of hydrogen-bond donors (Lipinski definition) is 1. The van der Waals surface area contributed by atoms with Crippen molar-refractivity contribution in [1.29, 1.82) is 0 Å². The number of methoxy groups -OCH3 is 1. The predicted octanol–water partition coefficient (Wildman–Crippen LogP) is 5.07. The molecule has 6 heteroatoms. The Morgan fingerprint density at radius 1 is 0.938 bits per heavy atom. The van der Waals surface area contributed by atoms with Crippen molar-refractivity contribution in [1.82, 2.24) is 4.90 Å². The van der Waals surface area contributed by atoms with Crippen LogP contribution in [0.25, 0.3) is 11.1 Å². The van der Waals surface area contributed by atoms with Crippen molar-refractivity contribution in [3.05, 3.63) is 89.0 Å². The van der Waals surface area contributed by atoms with Gasteiger partial charge in [0.05, 0.1) is 13.5 Å². The molecule has 0 aliphatic heterocycles. The summed E-state index contributed by atoms with van der Waals surface area (Å²) in [7, 11) is 3.27. The minimum Gasteiger partial charge on any atom is -0.496 e. The molecule has 0 fully saturated rings. The molecule has 166 valence electrons. The van der Waals surface area contributed by atoms with Gasteiger partial charge < -0.3 is 19.5 Å². The summed E-state index contributed by atoms with van der Waals surface area (Å²) >= 11 is 0. The normalized spacial score (nSPS) is 10.5. The molecule has 1 amide bonds.